The lowest BCUT2D eigenvalue weighted by molar-refractivity contribution is 0.101. The Labute approximate surface area is 123 Å². The summed E-state index contributed by atoms with van der Waals surface area (Å²) in [4.78, 5) is 15.8. The number of benzene rings is 1. The summed E-state index contributed by atoms with van der Waals surface area (Å²) in [5.74, 6) is 1.57. The van der Waals surface area contributed by atoms with E-state index in [0.29, 0.717) is 17.2 Å². The van der Waals surface area contributed by atoms with Crippen LogP contribution in [0.25, 0.3) is 0 Å². The lowest BCUT2D eigenvalue weighted by Crippen LogP contribution is -2.24. The molecule has 0 saturated heterocycles. The van der Waals surface area contributed by atoms with Crippen LogP contribution < -0.4 is 9.47 Å². The second-order valence-corrected chi connectivity index (χ2v) is 5.80. The van der Waals surface area contributed by atoms with Gasteiger partial charge < -0.3 is 9.47 Å². The predicted octanol–water partition coefficient (Wildman–Crippen LogP) is 3.79. The number of hydrogen-bond acceptors (Lipinski definition) is 4. The number of hydrogen-bond donors (Lipinski definition) is 0. The first-order valence-corrected chi connectivity index (χ1v) is 6.91. The minimum atomic E-state index is -0.241. The molecular weight excluding hydrogens is 266 g/mol. The van der Waals surface area contributed by atoms with Crippen molar-refractivity contribution in [1.82, 2.24) is 4.98 Å². The highest BCUT2D eigenvalue weighted by atomic mass is 16.5. The van der Waals surface area contributed by atoms with Gasteiger partial charge in [-0.05, 0) is 39.0 Å². The molecule has 2 aromatic rings. The maximum atomic E-state index is 11.6. The van der Waals surface area contributed by atoms with Gasteiger partial charge in [0.15, 0.2) is 17.3 Å². The third-order valence-electron chi connectivity index (χ3n) is 3.41. The second-order valence-electron chi connectivity index (χ2n) is 5.80. The molecule has 3 rings (SSSR count). The van der Waals surface area contributed by atoms with Gasteiger partial charge in [-0.3, -0.25) is 4.79 Å². The summed E-state index contributed by atoms with van der Waals surface area (Å²) in [5.41, 5.74) is 1.33. The van der Waals surface area contributed by atoms with Crippen LogP contribution >= 0.6 is 0 Å². The Kier molecular flexibility index (Phi) is 3.16. The first-order valence-electron chi connectivity index (χ1n) is 6.91. The number of pyridine rings is 1. The van der Waals surface area contributed by atoms with Gasteiger partial charge in [0.05, 0.1) is 5.56 Å². The molecule has 0 spiro atoms. The van der Waals surface area contributed by atoms with Crippen molar-refractivity contribution in [2.45, 2.75) is 32.8 Å². The molecule has 108 valence electrons. The number of carbonyl (C=O) groups is 1. The molecule has 1 aromatic carbocycles. The fourth-order valence-corrected chi connectivity index (χ4v) is 2.51. The third-order valence-corrected chi connectivity index (χ3v) is 3.41. The normalized spacial score (nSPS) is 15.2. The summed E-state index contributed by atoms with van der Waals surface area (Å²) in [7, 11) is 0. The Bertz CT molecular complexity index is 707. The predicted molar refractivity (Wildman–Crippen MR) is 79.2 cm³/mol. The van der Waals surface area contributed by atoms with Gasteiger partial charge in [-0.2, -0.15) is 0 Å². The monoisotopic (exact) mass is 283 g/mol. The Morgan fingerprint density at radius 2 is 2.10 bits per heavy atom. The zero-order valence-electron chi connectivity index (χ0n) is 12.3. The lowest BCUT2D eigenvalue weighted by atomic mass is 10.0. The maximum Gasteiger partial charge on any atom is 0.230 e. The number of nitrogens with zero attached hydrogens (tertiary/aromatic N) is 1. The zero-order chi connectivity index (χ0) is 15.0. The van der Waals surface area contributed by atoms with Crippen LogP contribution in [-0.4, -0.2) is 16.4 Å². The van der Waals surface area contributed by atoms with Crippen LogP contribution in [-0.2, 0) is 6.42 Å². The van der Waals surface area contributed by atoms with Gasteiger partial charge in [0.2, 0.25) is 5.88 Å². The maximum absolute atomic E-state index is 11.6. The standard InChI is InChI=1S/C17H17NO3/c1-11(19)13-7-5-9-18-16(13)20-14-8-4-6-12-10-17(2,3)21-15(12)14/h4-9H,10H2,1-3H3. The summed E-state index contributed by atoms with van der Waals surface area (Å²) in [6.45, 7) is 5.58. The molecule has 0 unspecified atom stereocenters. The Morgan fingerprint density at radius 1 is 1.29 bits per heavy atom. The molecule has 4 nitrogen and oxygen atoms in total. The van der Waals surface area contributed by atoms with Crippen molar-refractivity contribution in [1.29, 1.82) is 0 Å². The highest BCUT2D eigenvalue weighted by molar-refractivity contribution is 5.96. The molecule has 2 heterocycles. The molecule has 0 atom stereocenters. The van der Waals surface area contributed by atoms with E-state index in [9.17, 15) is 4.79 Å². The van der Waals surface area contributed by atoms with E-state index in [-0.39, 0.29) is 11.4 Å². The van der Waals surface area contributed by atoms with E-state index in [2.05, 4.69) is 4.98 Å². The number of ketones is 1. The topological polar surface area (TPSA) is 48.4 Å². The molecule has 0 radical (unpaired) electrons. The van der Waals surface area contributed by atoms with E-state index in [0.717, 1.165) is 17.7 Å². The van der Waals surface area contributed by atoms with Crippen molar-refractivity contribution >= 4 is 5.78 Å². The molecule has 0 saturated carbocycles. The first-order chi connectivity index (χ1) is 9.96. The molecule has 0 fully saturated rings. The van der Waals surface area contributed by atoms with Crippen molar-refractivity contribution in [3.8, 4) is 17.4 Å². The minimum absolute atomic E-state index is 0.0769. The minimum Gasteiger partial charge on any atom is -0.483 e. The number of para-hydroxylation sites is 1. The molecule has 21 heavy (non-hydrogen) atoms. The van der Waals surface area contributed by atoms with E-state index in [1.54, 1.807) is 18.3 Å². The van der Waals surface area contributed by atoms with Gasteiger partial charge in [0.1, 0.15) is 5.60 Å². The largest absolute Gasteiger partial charge is 0.483 e. The van der Waals surface area contributed by atoms with Gasteiger partial charge in [-0.1, -0.05) is 12.1 Å². The van der Waals surface area contributed by atoms with Crippen LogP contribution in [0.4, 0.5) is 0 Å². The van der Waals surface area contributed by atoms with Crippen molar-refractivity contribution in [2.24, 2.45) is 0 Å². The number of ether oxygens (including phenoxy) is 2. The summed E-state index contributed by atoms with van der Waals surface area (Å²) in [6.07, 6.45) is 2.44. The molecule has 4 heteroatoms. The molecule has 1 aliphatic heterocycles. The molecule has 1 aliphatic rings. The van der Waals surface area contributed by atoms with Crippen LogP contribution in [0.5, 0.6) is 17.4 Å². The fourth-order valence-electron chi connectivity index (χ4n) is 2.51. The van der Waals surface area contributed by atoms with Crippen molar-refractivity contribution in [3.05, 3.63) is 47.7 Å². The SMILES string of the molecule is CC(=O)c1cccnc1Oc1cccc2c1OC(C)(C)C2. The Balaban J connectivity index is 1.98. The quantitative estimate of drug-likeness (QED) is 0.804. The van der Waals surface area contributed by atoms with E-state index in [4.69, 9.17) is 9.47 Å². The van der Waals surface area contributed by atoms with Crippen molar-refractivity contribution in [3.63, 3.8) is 0 Å². The number of fused-ring (bicyclic) bond motifs is 1. The van der Waals surface area contributed by atoms with Crippen LogP contribution in [0, 0.1) is 0 Å². The lowest BCUT2D eigenvalue weighted by Gasteiger charge is -2.18. The number of aromatic nitrogens is 1. The summed E-state index contributed by atoms with van der Waals surface area (Å²) < 4.78 is 11.8. The average molecular weight is 283 g/mol. The average Bonchev–Trinajstić information content (AvgIpc) is 2.74. The molecule has 1 aromatic heterocycles. The van der Waals surface area contributed by atoms with E-state index in [1.165, 1.54) is 6.92 Å². The van der Waals surface area contributed by atoms with Gasteiger partial charge in [-0.25, -0.2) is 4.98 Å². The van der Waals surface area contributed by atoms with Crippen LogP contribution in [0.1, 0.15) is 36.7 Å². The summed E-state index contributed by atoms with van der Waals surface area (Å²) >= 11 is 0. The highest BCUT2D eigenvalue weighted by Crippen LogP contribution is 2.43. The number of rotatable bonds is 3. The van der Waals surface area contributed by atoms with Gasteiger partial charge in [0, 0.05) is 18.2 Å². The van der Waals surface area contributed by atoms with Crippen molar-refractivity contribution in [2.75, 3.05) is 0 Å². The first kappa shape index (κ1) is 13.6. The molecule has 0 aliphatic carbocycles. The number of Topliss-reactive ketones (excluding diaryl/α,β-unsaturated/α-hetero) is 1. The van der Waals surface area contributed by atoms with E-state index in [1.807, 2.05) is 32.0 Å². The van der Waals surface area contributed by atoms with Crippen molar-refractivity contribution < 1.29 is 14.3 Å². The molecular formula is C17H17NO3. The van der Waals surface area contributed by atoms with Crippen LogP contribution in [0.15, 0.2) is 36.5 Å². The van der Waals surface area contributed by atoms with E-state index < -0.39 is 0 Å². The smallest absolute Gasteiger partial charge is 0.230 e. The second kappa shape index (κ2) is 4.88. The molecule has 0 amide bonds. The van der Waals surface area contributed by atoms with Crippen LogP contribution in [0.3, 0.4) is 0 Å². The zero-order valence-corrected chi connectivity index (χ0v) is 12.3. The Hall–Kier alpha value is -2.36. The fraction of sp³-hybridized carbons (Fsp3) is 0.294. The molecule has 0 bridgehead atoms. The molecule has 0 N–H and O–H groups in total. The number of carbonyl (C=O) groups excluding carboxylic acids is 1. The Morgan fingerprint density at radius 3 is 2.86 bits per heavy atom. The summed E-state index contributed by atoms with van der Waals surface area (Å²) in [6, 6.07) is 9.21. The summed E-state index contributed by atoms with van der Waals surface area (Å²) in [5, 5.41) is 0. The van der Waals surface area contributed by atoms with Gasteiger partial charge in [0.25, 0.3) is 0 Å². The van der Waals surface area contributed by atoms with Gasteiger partial charge >= 0.3 is 0 Å². The van der Waals surface area contributed by atoms with Gasteiger partial charge in [-0.15, -0.1) is 0 Å². The van der Waals surface area contributed by atoms with E-state index >= 15 is 0 Å². The third kappa shape index (κ3) is 2.61. The highest BCUT2D eigenvalue weighted by Gasteiger charge is 2.32. The van der Waals surface area contributed by atoms with Crippen LogP contribution in [0.2, 0.25) is 0 Å².